The molecule has 6 heteroatoms. The Morgan fingerprint density at radius 1 is 1.03 bits per heavy atom. The van der Waals surface area contributed by atoms with Crippen LogP contribution in [0.4, 0.5) is 0 Å². The lowest BCUT2D eigenvalue weighted by Crippen LogP contribution is -2.66. The number of carbonyl (C=O) groups is 3. The molecule has 0 heterocycles. The van der Waals surface area contributed by atoms with Crippen LogP contribution < -0.4 is 0 Å². The predicted molar refractivity (Wildman–Crippen MR) is 129 cm³/mol. The minimum atomic E-state index is -1.96. The van der Waals surface area contributed by atoms with E-state index < -0.39 is 41.1 Å². The second-order valence-electron chi connectivity index (χ2n) is 11.6. The van der Waals surface area contributed by atoms with Crippen molar-refractivity contribution in [3.05, 3.63) is 59.2 Å². The third-order valence-corrected chi connectivity index (χ3v) is 9.33. The molecule has 2 bridgehead atoms. The molecule has 4 aliphatic rings. The highest BCUT2D eigenvalue weighted by Gasteiger charge is 2.77. The van der Waals surface area contributed by atoms with Crippen LogP contribution in [0.25, 0.3) is 0 Å². The van der Waals surface area contributed by atoms with Crippen LogP contribution in [-0.2, 0) is 19.1 Å². The molecule has 1 aromatic rings. The van der Waals surface area contributed by atoms with Gasteiger partial charge in [-0.1, -0.05) is 51.1 Å². The normalized spacial score (nSPS) is 40.8. The summed E-state index contributed by atoms with van der Waals surface area (Å²) in [5.74, 6) is -1.38. The van der Waals surface area contributed by atoms with E-state index in [4.69, 9.17) is 9.47 Å². The fourth-order valence-corrected chi connectivity index (χ4v) is 7.65. The highest BCUT2D eigenvalue weighted by Crippen LogP contribution is 2.71. The van der Waals surface area contributed by atoms with Crippen molar-refractivity contribution >= 4 is 17.7 Å². The van der Waals surface area contributed by atoms with Gasteiger partial charge in [0, 0.05) is 12.8 Å². The van der Waals surface area contributed by atoms with Gasteiger partial charge in [0.2, 0.25) is 0 Å². The number of rotatable bonds is 3. The number of allylic oxidation sites excluding steroid dienone is 1. The SMILES string of the molecule is CC(=O)O[C@@H]1C(C)=C[C@H]2C(=O)[C@]3(C=C(C)[C@H](OC(=O)c4ccccc4)[C@@]13O)[C@H](C)C[C@@H]1[C@H]2C1(C)C. The number of Topliss-reactive ketones (excluding diaryl/α,β-unsaturated/α-hetero) is 1. The van der Waals surface area contributed by atoms with Crippen molar-refractivity contribution in [2.45, 2.75) is 65.8 Å². The molecule has 1 spiro atoms. The van der Waals surface area contributed by atoms with Gasteiger partial charge in [-0.15, -0.1) is 0 Å². The van der Waals surface area contributed by atoms with Crippen LogP contribution in [0.5, 0.6) is 0 Å². The number of carbonyl (C=O) groups excluding carboxylic acids is 3. The van der Waals surface area contributed by atoms with Gasteiger partial charge in [-0.2, -0.15) is 0 Å². The maximum Gasteiger partial charge on any atom is 0.338 e. The Morgan fingerprint density at radius 3 is 2.29 bits per heavy atom. The summed E-state index contributed by atoms with van der Waals surface area (Å²) in [7, 11) is 0. The molecule has 0 saturated heterocycles. The Hall–Kier alpha value is -2.73. The van der Waals surface area contributed by atoms with Gasteiger partial charge >= 0.3 is 11.9 Å². The van der Waals surface area contributed by atoms with Crippen LogP contribution in [0.15, 0.2) is 53.6 Å². The first kappa shape index (κ1) is 24.0. The first-order valence-electron chi connectivity index (χ1n) is 12.4. The zero-order valence-electron chi connectivity index (χ0n) is 21.2. The zero-order chi connectivity index (χ0) is 25.5. The molecule has 0 amide bonds. The quantitative estimate of drug-likeness (QED) is 0.515. The summed E-state index contributed by atoms with van der Waals surface area (Å²) < 4.78 is 11.7. The molecule has 35 heavy (non-hydrogen) atoms. The van der Waals surface area contributed by atoms with E-state index in [0.717, 1.165) is 6.42 Å². The largest absolute Gasteiger partial charge is 0.455 e. The summed E-state index contributed by atoms with van der Waals surface area (Å²) in [4.78, 5) is 39.9. The third-order valence-electron chi connectivity index (χ3n) is 9.33. The average Bonchev–Trinajstić information content (AvgIpc) is 3.29. The summed E-state index contributed by atoms with van der Waals surface area (Å²) >= 11 is 0. The Kier molecular flexibility index (Phi) is 5.23. The van der Waals surface area contributed by atoms with Crippen LogP contribution >= 0.6 is 0 Å². The standard InChI is InChI=1S/C29H34O6/c1-15-12-20-22-21(27(22,5)6)13-17(3)28(23(20)31)14-16(2)25(29(28,33)24(15)34-18(4)30)35-26(32)19-10-8-7-9-11-19/h7-12,14,17,20-22,24-25,33H,13H2,1-6H3/t17-,20-,21-,22+,24-,25+,28+,29+/m1/s1. The van der Waals surface area contributed by atoms with Crippen molar-refractivity contribution in [1.82, 2.24) is 0 Å². The molecule has 6 nitrogen and oxygen atoms in total. The van der Waals surface area contributed by atoms with Crippen LogP contribution in [0.2, 0.25) is 0 Å². The molecule has 1 aromatic carbocycles. The second kappa shape index (κ2) is 7.63. The summed E-state index contributed by atoms with van der Waals surface area (Å²) in [6.07, 6.45) is 2.20. The number of aliphatic hydroxyl groups is 1. The van der Waals surface area contributed by atoms with Gasteiger partial charge in [-0.05, 0) is 66.7 Å². The highest BCUT2D eigenvalue weighted by atomic mass is 16.6. The fraction of sp³-hybridized carbons (Fsp3) is 0.552. The van der Waals surface area contributed by atoms with E-state index in [9.17, 15) is 19.5 Å². The van der Waals surface area contributed by atoms with Crippen molar-refractivity contribution in [2.24, 2.45) is 34.5 Å². The number of ketones is 1. The lowest BCUT2D eigenvalue weighted by molar-refractivity contribution is -0.202. The minimum Gasteiger partial charge on any atom is -0.455 e. The van der Waals surface area contributed by atoms with Gasteiger partial charge in [-0.25, -0.2) is 4.79 Å². The maximum atomic E-state index is 14.5. The number of benzene rings is 1. The van der Waals surface area contributed by atoms with Crippen molar-refractivity contribution in [2.75, 3.05) is 0 Å². The molecule has 2 saturated carbocycles. The zero-order valence-corrected chi connectivity index (χ0v) is 21.2. The number of hydrogen-bond donors (Lipinski definition) is 1. The molecular weight excluding hydrogens is 444 g/mol. The van der Waals surface area contributed by atoms with E-state index in [-0.39, 0.29) is 23.0 Å². The van der Waals surface area contributed by atoms with Crippen molar-refractivity contribution in [1.29, 1.82) is 0 Å². The Balaban J connectivity index is 1.68. The molecule has 0 unspecified atom stereocenters. The molecule has 0 radical (unpaired) electrons. The number of fused-ring (bicyclic) bond motifs is 3. The molecule has 2 fully saturated rings. The van der Waals surface area contributed by atoms with Crippen LogP contribution in [0, 0.1) is 34.5 Å². The summed E-state index contributed by atoms with van der Waals surface area (Å²) in [5.41, 5.74) is -1.74. The third kappa shape index (κ3) is 3.08. The molecule has 4 aliphatic carbocycles. The molecule has 1 N–H and O–H groups in total. The van der Waals surface area contributed by atoms with Gasteiger partial charge < -0.3 is 14.6 Å². The number of esters is 2. The summed E-state index contributed by atoms with van der Waals surface area (Å²) in [5, 5.41) is 12.7. The smallest absolute Gasteiger partial charge is 0.338 e. The van der Waals surface area contributed by atoms with E-state index >= 15 is 0 Å². The topological polar surface area (TPSA) is 89.9 Å². The summed E-state index contributed by atoms with van der Waals surface area (Å²) in [6.45, 7) is 11.3. The number of hydrogen-bond acceptors (Lipinski definition) is 6. The Bertz CT molecular complexity index is 1160. The lowest BCUT2D eigenvalue weighted by Gasteiger charge is -2.49. The van der Waals surface area contributed by atoms with E-state index in [1.165, 1.54) is 6.92 Å². The fourth-order valence-electron chi connectivity index (χ4n) is 7.65. The predicted octanol–water partition coefficient (Wildman–Crippen LogP) is 4.28. The first-order valence-corrected chi connectivity index (χ1v) is 12.4. The highest BCUT2D eigenvalue weighted by molar-refractivity contribution is 5.96. The van der Waals surface area contributed by atoms with Crippen LogP contribution in [0.3, 0.4) is 0 Å². The van der Waals surface area contributed by atoms with Crippen LogP contribution in [-0.4, -0.2) is 40.6 Å². The van der Waals surface area contributed by atoms with Crippen LogP contribution in [0.1, 0.15) is 58.3 Å². The minimum absolute atomic E-state index is 0.0168. The van der Waals surface area contributed by atoms with E-state index in [2.05, 4.69) is 13.8 Å². The maximum absolute atomic E-state index is 14.5. The molecule has 8 atom stereocenters. The lowest BCUT2D eigenvalue weighted by atomic mass is 9.59. The van der Waals surface area contributed by atoms with E-state index in [1.54, 1.807) is 44.2 Å². The van der Waals surface area contributed by atoms with Crippen molar-refractivity contribution in [3.8, 4) is 0 Å². The first-order chi connectivity index (χ1) is 16.4. The van der Waals surface area contributed by atoms with E-state index in [0.29, 0.717) is 22.6 Å². The summed E-state index contributed by atoms with van der Waals surface area (Å²) in [6, 6.07) is 8.56. The number of ether oxygens (including phenoxy) is 2. The van der Waals surface area contributed by atoms with E-state index in [1.807, 2.05) is 19.1 Å². The van der Waals surface area contributed by atoms with Gasteiger partial charge in [0.1, 0.15) is 0 Å². The van der Waals surface area contributed by atoms with Crippen molar-refractivity contribution in [3.63, 3.8) is 0 Å². The molecule has 186 valence electrons. The molecule has 0 aromatic heterocycles. The van der Waals surface area contributed by atoms with Gasteiger partial charge in [-0.3, -0.25) is 9.59 Å². The van der Waals surface area contributed by atoms with Gasteiger partial charge in [0.25, 0.3) is 0 Å². The average molecular weight is 479 g/mol. The Morgan fingerprint density at radius 2 is 1.66 bits per heavy atom. The van der Waals surface area contributed by atoms with Gasteiger partial charge in [0.05, 0.1) is 11.0 Å². The molecule has 0 aliphatic heterocycles. The van der Waals surface area contributed by atoms with Crippen molar-refractivity contribution < 1.29 is 29.0 Å². The Labute approximate surface area is 206 Å². The molecule has 5 rings (SSSR count). The monoisotopic (exact) mass is 478 g/mol. The molecular formula is C29H34O6. The second-order valence-corrected chi connectivity index (χ2v) is 11.6. The van der Waals surface area contributed by atoms with Gasteiger partial charge in [0.15, 0.2) is 23.6 Å².